The van der Waals surface area contributed by atoms with E-state index >= 15 is 0 Å². The van der Waals surface area contributed by atoms with Crippen molar-refractivity contribution >= 4 is 23.4 Å². The van der Waals surface area contributed by atoms with E-state index in [-0.39, 0.29) is 18.2 Å². The molecule has 0 radical (unpaired) electrons. The number of benzene rings is 1. The van der Waals surface area contributed by atoms with Crippen LogP contribution < -0.4 is 15.8 Å². The van der Waals surface area contributed by atoms with Crippen LogP contribution in [0.1, 0.15) is 5.89 Å². The van der Waals surface area contributed by atoms with E-state index in [0.717, 1.165) is 11.8 Å². The summed E-state index contributed by atoms with van der Waals surface area (Å²) in [5.41, 5.74) is 5.97. The van der Waals surface area contributed by atoms with Crippen LogP contribution >= 0.6 is 11.8 Å². The van der Waals surface area contributed by atoms with Gasteiger partial charge in [0.05, 0.1) is 25.1 Å². The van der Waals surface area contributed by atoms with E-state index in [1.807, 2.05) is 12.1 Å². The molecule has 0 aliphatic carbocycles. The molecule has 0 fully saturated rings. The first-order chi connectivity index (χ1) is 9.72. The maximum atomic E-state index is 11.8. The molecule has 2 rings (SSSR count). The van der Waals surface area contributed by atoms with E-state index in [4.69, 9.17) is 14.9 Å². The van der Waals surface area contributed by atoms with Crippen LogP contribution in [-0.4, -0.2) is 29.0 Å². The van der Waals surface area contributed by atoms with Gasteiger partial charge in [-0.1, -0.05) is 23.9 Å². The van der Waals surface area contributed by atoms with Gasteiger partial charge >= 0.3 is 0 Å². The minimum atomic E-state index is -0.188. The highest BCUT2D eigenvalue weighted by molar-refractivity contribution is 7.99. The van der Waals surface area contributed by atoms with Crippen LogP contribution in [0.5, 0.6) is 5.75 Å². The Bertz CT molecular complexity index is 588. The van der Waals surface area contributed by atoms with Crippen LogP contribution in [0.4, 0.5) is 5.69 Å². The van der Waals surface area contributed by atoms with Crippen LogP contribution in [0.15, 0.2) is 33.9 Å². The van der Waals surface area contributed by atoms with Gasteiger partial charge in [-0.25, -0.2) is 0 Å². The van der Waals surface area contributed by atoms with E-state index in [9.17, 15) is 4.79 Å². The smallest absolute Gasteiger partial charge is 0.277 e. The van der Waals surface area contributed by atoms with Crippen LogP contribution in [0, 0.1) is 0 Å². The molecule has 0 spiro atoms. The summed E-state index contributed by atoms with van der Waals surface area (Å²) in [6, 6.07) is 7.18. The number of nitrogens with two attached hydrogens (primary N) is 1. The van der Waals surface area contributed by atoms with Gasteiger partial charge in [0.1, 0.15) is 5.75 Å². The number of amides is 1. The summed E-state index contributed by atoms with van der Waals surface area (Å²) in [7, 11) is 1.55. The summed E-state index contributed by atoms with van der Waals surface area (Å²) in [5, 5.41) is 10.5. The van der Waals surface area contributed by atoms with Gasteiger partial charge < -0.3 is 20.2 Å². The highest BCUT2D eigenvalue weighted by atomic mass is 32.2. The van der Waals surface area contributed by atoms with E-state index in [0.29, 0.717) is 22.6 Å². The Labute approximate surface area is 119 Å². The van der Waals surface area contributed by atoms with Crippen molar-refractivity contribution in [3.05, 3.63) is 30.2 Å². The molecule has 0 aliphatic heterocycles. The molecule has 1 heterocycles. The lowest BCUT2D eigenvalue weighted by Crippen LogP contribution is -2.14. The summed E-state index contributed by atoms with van der Waals surface area (Å²) in [5.74, 6) is 0.920. The van der Waals surface area contributed by atoms with Crippen LogP contribution in [0.2, 0.25) is 0 Å². The van der Waals surface area contributed by atoms with Gasteiger partial charge in [0.2, 0.25) is 11.8 Å². The SMILES string of the molecule is COc1ccccc1NC(=O)CSc1nnc(CN)o1. The number of carbonyl (C=O) groups is 1. The molecule has 20 heavy (non-hydrogen) atoms. The molecule has 0 bridgehead atoms. The molecule has 3 N–H and O–H groups in total. The van der Waals surface area contributed by atoms with Crippen LogP contribution in [-0.2, 0) is 11.3 Å². The molecule has 1 aromatic carbocycles. The molecule has 1 aromatic heterocycles. The molecule has 0 saturated carbocycles. The largest absolute Gasteiger partial charge is 0.495 e. The Morgan fingerprint density at radius 2 is 2.25 bits per heavy atom. The number of thioether (sulfide) groups is 1. The average Bonchev–Trinajstić information content (AvgIpc) is 2.94. The molecule has 1 amide bonds. The number of nitrogens with zero attached hydrogens (tertiary/aromatic N) is 2. The van der Waals surface area contributed by atoms with E-state index < -0.39 is 0 Å². The number of hydrogen-bond donors (Lipinski definition) is 2. The molecule has 8 heteroatoms. The molecular formula is C12H14N4O3S. The average molecular weight is 294 g/mol. The third kappa shape index (κ3) is 3.72. The molecule has 2 aromatic rings. The van der Waals surface area contributed by atoms with E-state index in [1.165, 1.54) is 0 Å². The normalized spacial score (nSPS) is 10.3. The molecule has 0 saturated heterocycles. The lowest BCUT2D eigenvalue weighted by Gasteiger charge is -2.08. The molecule has 106 valence electrons. The van der Waals surface area contributed by atoms with E-state index in [2.05, 4.69) is 15.5 Å². The fourth-order valence-corrected chi connectivity index (χ4v) is 2.02. The molecular weight excluding hydrogens is 280 g/mol. The third-order valence-electron chi connectivity index (χ3n) is 2.33. The first-order valence-corrected chi connectivity index (χ1v) is 6.79. The quantitative estimate of drug-likeness (QED) is 0.773. The number of hydrogen-bond acceptors (Lipinski definition) is 7. The highest BCUT2D eigenvalue weighted by Crippen LogP contribution is 2.23. The second-order valence-electron chi connectivity index (χ2n) is 3.70. The molecule has 0 atom stereocenters. The number of methoxy groups -OCH3 is 1. The number of anilines is 1. The zero-order valence-electron chi connectivity index (χ0n) is 10.8. The first kappa shape index (κ1) is 14.4. The maximum Gasteiger partial charge on any atom is 0.277 e. The number of aromatic nitrogens is 2. The number of rotatable bonds is 6. The van der Waals surface area contributed by atoms with Crippen molar-refractivity contribution in [2.45, 2.75) is 11.8 Å². The van der Waals surface area contributed by atoms with Gasteiger partial charge in [0, 0.05) is 0 Å². The Hall–Kier alpha value is -2.06. The fourth-order valence-electron chi connectivity index (χ4n) is 1.44. The Kier molecular flexibility index (Phi) is 4.97. The highest BCUT2D eigenvalue weighted by Gasteiger charge is 2.10. The second kappa shape index (κ2) is 6.92. The summed E-state index contributed by atoms with van der Waals surface area (Å²) in [6.07, 6.45) is 0. The topological polar surface area (TPSA) is 103 Å². The van der Waals surface area contributed by atoms with Crippen LogP contribution in [0.25, 0.3) is 0 Å². The predicted molar refractivity (Wildman–Crippen MR) is 74.5 cm³/mol. The fraction of sp³-hybridized carbons (Fsp3) is 0.250. The van der Waals surface area contributed by atoms with Crippen molar-refractivity contribution in [1.29, 1.82) is 0 Å². The van der Waals surface area contributed by atoms with Gasteiger partial charge in [-0.3, -0.25) is 4.79 Å². The summed E-state index contributed by atoms with van der Waals surface area (Å²) in [6.45, 7) is 0.182. The third-order valence-corrected chi connectivity index (χ3v) is 3.15. The maximum absolute atomic E-state index is 11.8. The van der Waals surface area contributed by atoms with Crippen molar-refractivity contribution in [3.8, 4) is 5.75 Å². The van der Waals surface area contributed by atoms with Gasteiger partial charge in [-0.2, -0.15) is 0 Å². The Morgan fingerprint density at radius 3 is 2.95 bits per heavy atom. The zero-order valence-corrected chi connectivity index (χ0v) is 11.6. The minimum Gasteiger partial charge on any atom is -0.495 e. The number of nitrogens with one attached hydrogen (secondary N) is 1. The molecule has 0 aliphatic rings. The zero-order chi connectivity index (χ0) is 14.4. The van der Waals surface area contributed by atoms with Crippen molar-refractivity contribution in [1.82, 2.24) is 10.2 Å². The monoisotopic (exact) mass is 294 g/mol. The standard InChI is InChI=1S/C12H14N4O3S/c1-18-9-5-3-2-4-8(9)14-10(17)7-20-12-16-15-11(6-13)19-12/h2-5H,6-7,13H2,1H3,(H,14,17). The number of ether oxygens (including phenoxy) is 1. The van der Waals surface area contributed by atoms with Crippen molar-refractivity contribution in [2.75, 3.05) is 18.2 Å². The van der Waals surface area contributed by atoms with Crippen molar-refractivity contribution in [3.63, 3.8) is 0 Å². The second-order valence-corrected chi connectivity index (χ2v) is 4.63. The Balaban J connectivity index is 1.89. The molecule has 0 unspecified atom stereocenters. The Morgan fingerprint density at radius 1 is 1.45 bits per heavy atom. The first-order valence-electron chi connectivity index (χ1n) is 5.81. The number of carbonyl (C=O) groups excluding carboxylic acids is 1. The number of para-hydroxylation sites is 2. The summed E-state index contributed by atoms with van der Waals surface area (Å²) < 4.78 is 10.3. The van der Waals surface area contributed by atoms with Gasteiger partial charge in [-0.15, -0.1) is 10.2 Å². The van der Waals surface area contributed by atoms with Crippen molar-refractivity contribution < 1.29 is 13.9 Å². The van der Waals surface area contributed by atoms with Gasteiger partial charge in [0.15, 0.2) is 0 Å². The van der Waals surface area contributed by atoms with Crippen LogP contribution in [0.3, 0.4) is 0 Å². The minimum absolute atomic E-state index is 0.157. The van der Waals surface area contributed by atoms with Gasteiger partial charge in [0.25, 0.3) is 5.22 Å². The lowest BCUT2D eigenvalue weighted by atomic mass is 10.3. The van der Waals surface area contributed by atoms with E-state index in [1.54, 1.807) is 19.2 Å². The summed E-state index contributed by atoms with van der Waals surface area (Å²) >= 11 is 1.15. The lowest BCUT2D eigenvalue weighted by molar-refractivity contribution is -0.113. The molecule has 7 nitrogen and oxygen atoms in total. The predicted octanol–water partition coefficient (Wildman–Crippen LogP) is 1.27. The van der Waals surface area contributed by atoms with Gasteiger partial charge in [-0.05, 0) is 12.1 Å². The summed E-state index contributed by atoms with van der Waals surface area (Å²) in [4.78, 5) is 11.8. The van der Waals surface area contributed by atoms with Crippen molar-refractivity contribution in [2.24, 2.45) is 5.73 Å².